The molecule has 0 unspecified atom stereocenters. The van der Waals surface area contributed by atoms with Gasteiger partial charge in [0.1, 0.15) is 10.6 Å². The summed E-state index contributed by atoms with van der Waals surface area (Å²) in [6, 6.07) is 7.62. The van der Waals surface area contributed by atoms with Crippen LogP contribution in [0.2, 0.25) is 5.02 Å². The molecule has 2 aromatic carbocycles. The molecular formula is C22H25ClN2O6S. The fraction of sp³-hybridized carbons (Fsp3) is 0.409. The number of rotatable bonds is 5. The van der Waals surface area contributed by atoms with Gasteiger partial charge in [-0.2, -0.15) is 4.31 Å². The van der Waals surface area contributed by atoms with Gasteiger partial charge in [0.05, 0.1) is 25.3 Å². The maximum atomic E-state index is 13.2. The summed E-state index contributed by atoms with van der Waals surface area (Å²) in [6.07, 6.45) is 3.37. The van der Waals surface area contributed by atoms with Gasteiger partial charge in [-0.05, 0) is 43.2 Å². The summed E-state index contributed by atoms with van der Waals surface area (Å²) >= 11 is 6.29. The Hall–Kier alpha value is -2.49. The van der Waals surface area contributed by atoms with Crippen molar-refractivity contribution >= 4 is 33.2 Å². The number of anilines is 1. The first kappa shape index (κ1) is 22.7. The number of hydrogen-bond acceptors (Lipinski definition) is 6. The smallest absolute Gasteiger partial charge is 0.255 e. The molecule has 1 fully saturated rings. The Bertz CT molecular complexity index is 1120. The van der Waals surface area contributed by atoms with Crippen molar-refractivity contribution < 1.29 is 27.4 Å². The molecular weight excluding hydrogens is 456 g/mol. The summed E-state index contributed by atoms with van der Waals surface area (Å²) in [5, 5.41) is 3.02. The topological polar surface area (TPSA) is 94.2 Å². The summed E-state index contributed by atoms with van der Waals surface area (Å²) in [7, 11) is -2.33. The molecule has 10 heteroatoms. The van der Waals surface area contributed by atoms with E-state index in [1.807, 2.05) is 0 Å². The zero-order chi connectivity index (χ0) is 22.7. The summed E-state index contributed by atoms with van der Waals surface area (Å²) in [5.74, 6) is 0.601. The molecule has 0 bridgehead atoms. The van der Waals surface area contributed by atoms with E-state index in [2.05, 4.69) is 5.32 Å². The van der Waals surface area contributed by atoms with Crippen LogP contribution in [-0.2, 0) is 10.0 Å². The number of nitrogens with one attached hydrogen (secondary N) is 1. The van der Waals surface area contributed by atoms with Gasteiger partial charge in [-0.1, -0.05) is 18.0 Å². The van der Waals surface area contributed by atoms with Crippen LogP contribution in [-0.4, -0.2) is 52.0 Å². The molecule has 172 valence electrons. The van der Waals surface area contributed by atoms with Gasteiger partial charge >= 0.3 is 0 Å². The van der Waals surface area contributed by atoms with Crippen LogP contribution in [0.4, 0.5) is 5.69 Å². The SMILES string of the molecule is COc1ccc(NC(=O)c2cc(Cl)c3c(c2)OCCCO3)cc1S(=O)(=O)N1CCCCC1. The van der Waals surface area contributed by atoms with Crippen molar-refractivity contribution in [2.45, 2.75) is 30.6 Å². The van der Waals surface area contributed by atoms with Gasteiger partial charge in [0.2, 0.25) is 10.0 Å². The summed E-state index contributed by atoms with van der Waals surface area (Å²) in [5.41, 5.74) is 0.602. The first-order valence-electron chi connectivity index (χ1n) is 10.5. The number of carbonyl (C=O) groups excluding carboxylic acids is 1. The average molecular weight is 481 g/mol. The highest BCUT2D eigenvalue weighted by atomic mass is 35.5. The lowest BCUT2D eigenvalue weighted by atomic mass is 10.1. The Morgan fingerprint density at radius 1 is 1.06 bits per heavy atom. The molecule has 1 N–H and O–H groups in total. The molecule has 2 heterocycles. The Morgan fingerprint density at radius 2 is 1.81 bits per heavy atom. The number of amides is 1. The minimum absolute atomic E-state index is 0.0244. The number of halogens is 1. The molecule has 2 aromatic rings. The molecule has 4 rings (SSSR count). The van der Waals surface area contributed by atoms with E-state index in [0.717, 1.165) is 19.3 Å². The number of carbonyl (C=O) groups is 1. The highest BCUT2D eigenvalue weighted by molar-refractivity contribution is 7.89. The number of benzene rings is 2. The lowest BCUT2D eigenvalue weighted by Gasteiger charge is -2.26. The van der Waals surface area contributed by atoms with Gasteiger partial charge in [0.25, 0.3) is 5.91 Å². The monoisotopic (exact) mass is 480 g/mol. The molecule has 0 aromatic heterocycles. The van der Waals surface area contributed by atoms with Crippen molar-refractivity contribution in [1.29, 1.82) is 0 Å². The Balaban J connectivity index is 1.61. The summed E-state index contributed by atoms with van der Waals surface area (Å²) in [4.78, 5) is 12.9. The second-order valence-electron chi connectivity index (χ2n) is 7.62. The minimum atomic E-state index is -3.75. The summed E-state index contributed by atoms with van der Waals surface area (Å²) < 4.78 is 44.4. The third kappa shape index (κ3) is 4.65. The summed E-state index contributed by atoms with van der Waals surface area (Å²) in [6.45, 7) is 1.89. The molecule has 32 heavy (non-hydrogen) atoms. The minimum Gasteiger partial charge on any atom is -0.495 e. The number of nitrogens with zero attached hydrogens (tertiary/aromatic N) is 1. The van der Waals surface area contributed by atoms with E-state index in [1.165, 1.54) is 29.6 Å². The third-order valence-corrected chi connectivity index (χ3v) is 7.62. The zero-order valence-corrected chi connectivity index (χ0v) is 19.3. The molecule has 0 radical (unpaired) electrons. The van der Waals surface area contributed by atoms with E-state index < -0.39 is 15.9 Å². The van der Waals surface area contributed by atoms with Crippen molar-refractivity contribution in [2.75, 3.05) is 38.7 Å². The molecule has 2 aliphatic heterocycles. The largest absolute Gasteiger partial charge is 0.495 e. The van der Waals surface area contributed by atoms with Gasteiger partial charge < -0.3 is 19.5 Å². The van der Waals surface area contributed by atoms with E-state index >= 15 is 0 Å². The van der Waals surface area contributed by atoms with Crippen LogP contribution in [0.3, 0.4) is 0 Å². The second-order valence-corrected chi connectivity index (χ2v) is 9.93. The Kier molecular flexibility index (Phi) is 6.78. The van der Waals surface area contributed by atoms with Crippen LogP contribution in [0, 0.1) is 0 Å². The van der Waals surface area contributed by atoms with Crippen molar-refractivity contribution in [3.63, 3.8) is 0 Å². The number of fused-ring (bicyclic) bond motifs is 1. The number of sulfonamides is 1. The zero-order valence-electron chi connectivity index (χ0n) is 17.7. The maximum absolute atomic E-state index is 13.2. The van der Waals surface area contributed by atoms with Gasteiger partial charge in [0, 0.05) is 30.8 Å². The molecule has 0 atom stereocenters. The van der Waals surface area contributed by atoms with E-state index in [1.54, 1.807) is 12.1 Å². The van der Waals surface area contributed by atoms with Crippen molar-refractivity contribution in [2.24, 2.45) is 0 Å². The average Bonchev–Trinajstić information content (AvgIpc) is 3.05. The van der Waals surface area contributed by atoms with Crippen LogP contribution < -0.4 is 19.5 Å². The quantitative estimate of drug-likeness (QED) is 0.696. The fourth-order valence-corrected chi connectivity index (χ4v) is 5.73. The lowest BCUT2D eigenvalue weighted by molar-refractivity contribution is 0.102. The number of hydrogen-bond donors (Lipinski definition) is 1. The highest BCUT2D eigenvalue weighted by Gasteiger charge is 2.29. The molecule has 0 saturated carbocycles. The van der Waals surface area contributed by atoms with Crippen LogP contribution in [0.15, 0.2) is 35.2 Å². The lowest BCUT2D eigenvalue weighted by Crippen LogP contribution is -2.35. The van der Waals surface area contributed by atoms with Gasteiger partial charge in [0.15, 0.2) is 11.5 Å². The first-order valence-corrected chi connectivity index (χ1v) is 12.3. The predicted octanol–water partition coefficient (Wildman–Crippen LogP) is 3.94. The molecule has 1 amide bonds. The number of piperidine rings is 1. The fourth-order valence-electron chi connectivity index (χ4n) is 3.77. The molecule has 0 spiro atoms. The van der Waals surface area contributed by atoms with E-state index in [4.69, 9.17) is 25.8 Å². The van der Waals surface area contributed by atoms with Gasteiger partial charge in [-0.3, -0.25) is 4.79 Å². The van der Waals surface area contributed by atoms with Crippen LogP contribution >= 0.6 is 11.6 Å². The molecule has 8 nitrogen and oxygen atoms in total. The normalized spacial score (nSPS) is 16.8. The maximum Gasteiger partial charge on any atom is 0.255 e. The van der Waals surface area contributed by atoms with E-state index in [-0.39, 0.29) is 21.2 Å². The van der Waals surface area contributed by atoms with E-state index in [9.17, 15) is 13.2 Å². The van der Waals surface area contributed by atoms with Crippen LogP contribution in [0.1, 0.15) is 36.0 Å². The van der Waals surface area contributed by atoms with Crippen molar-refractivity contribution in [1.82, 2.24) is 4.31 Å². The van der Waals surface area contributed by atoms with Crippen molar-refractivity contribution in [3.05, 3.63) is 40.9 Å². The van der Waals surface area contributed by atoms with Crippen molar-refractivity contribution in [3.8, 4) is 17.2 Å². The van der Waals surface area contributed by atoms with E-state index in [0.29, 0.717) is 49.9 Å². The number of methoxy groups -OCH3 is 1. The second kappa shape index (κ2) is 9.56. The van der Waals surface area contributed by atoms with Crippen LogP contribution in [0.5, 0.6) is 17.2 Å². The number of ether oxygens (including phenoxy) is 3. The molecule has 2 aliphatic rings. The van der Waals surface area contributed by atoms with Crippen LogP contribution in [0.25, 0.3) is 0 Å². The molecule has 1 saturated heterocycles. The third-order valence-electron chi connectivity index (χ3n) is 5.42. The molecule has 0 aliphatic carbocycles. The Morgan fingerprint density at radius 3 is 2.56 bits per heavy atom. The Labute approximate surface area is 192 Å². The predicted molar refractivity (Wildman–Crippen MR) is 121 cm³/mol. The van der Waals surface area contributed by atoms with Gasteiger partial charge in [-0.15, -0.1) is 0 Å². The standard InChI is InChI=1S/C22H25ClN2O6S/c1-29-18-7-6-16(14-20(18)32(27,28)25-8-3-2-4-9-25)24-22(26)15-12-17(23)21-19(13-15)30-10-5-11-31-21/h6-7,12-14H,2-5,8-11H2,1H3,(H,24,26). The first-order chi connectivity index (χ1) is 15.4. The van der Waals surface area contributed by atoms with Gasteiger partial charge in [-0.25, -0.2) is 8.42 Å². The highest BCUT2D eigenvalue weighted by Crippen LogP contribution is 2.38.